The minimum Gasteiger partial charge on any atom is -0.419 e. The lowest BCUT2D eigenvalue weighted by Gasteiger charge is -2.20. The molecule has 1 amide bonds. The Morgan fingerprint density at radius 1 is 1.06 bits per heavy atom. The molecule has 0 radical (unpaired) electrons. The summed E-state index contributed by atoms with van der Waals surface area (Å²) in [6.45, 7) is 6.96. The van der Waals surface area contributed by atoms with Crippen LogP contribution in [0.3, 0.4) is 0 Å². The van der Waals surface area contributed by atoms with E-state index < -0.39 is 0 Å². The highest BCUT2D eigenvalue weighted by atomic mass is 35.5. The van der Waals surface area contributed by atoms with Crippen LogP contribution in [0.1, 0.15) is 46.4 Å². The van der Waals surface area contributed by atoms with Crippen LogP contribution in [0.4, 0.5) is 0 Å². The quantitative estimate of drug-likeness (QED) is 0.300. The standard InChI is InChI=1S/C25H25Cl2N5O2/c1-4-13-31(15-21-28-29-24(34-21)19-7-5-6-8-20(19)26)25(33)22-17(3)30-32(23(22)27)14-18-11-9-16(2)10-12-18/h5-12H,4,13-15H2,1-3H3. The van der Waals surface area contributed by atoms with Gasteiger partial charge in [-0.2, -0.15) is 5.10 Å². The molecule has 9 heteroatoms. The zero-order chi connectivity index (χ0) is 24.2. The topological polar surface area (TPSA) is 77.1 Å². The van der Waals surface area contributed by atoms with Gasteiger partial charge in [0.1, 0.15) is 5.15 Å². The predicted octanol–water partition coefficient (Wildman–Crippen LogP) is 5.96. The van der Waals surface area contributed by atoms with Gasteiger partial charge in [-0.1, -0.05) is 72.1 Å². The molecule has 0 saturated heterocycles. The highest BCUT2D eigenvalue weighted by Crippen LogP contribution is 2.27. The summed E-state index contributed by atoms with van der Waals surface area (Å²) in [5.74, 6) is 0.402. The number of aromatic nitrogens is 4. The first-order chi connectivity index (χ1) is 16.4. The Morgan fingerprint density at radius 2 is 1.79 bits per heavy atom. The molecule has 0 fully saturated rings. The zero-order valence-electron chi connectivity index (χ0n) is 19.3. The van der Waals surface area contributed by atoms with Crippen LogP contribution in [-0.4, -0.2) is 37.3 Å². The molecule has 0 bridgehead atoms. The molecule has 0 aliphatic heterocycles. The average Bonchev–Trinajstić information content (AvgIpc) is 3.39. The molecule has 0 aliphatic rings. The van der Waals surface area contributed by atoms with Crippen molar-refractivity contribution in [2.75, 3.05) is 6.54 Å². The van der Waals surface area contributed by atoms with Crippen LogP contribution in [0.25, 0.3) is 11.5 Å². The van der Waals surface area contributed by atoms with Gasteiger partial charge in [0.05, 0.1) is 34.9 Å². The normalized spacial score (nSPS) is 11.1. The Morgan fingerprint density at radius 3 is 2.50 bits per heavy atom. The number of halogens is 2. The van der Waals surface area contributed by atoms with Crippen LogP contribution in [0, 0.1) is 13.8 Å². The first-order valence-corrected chi connectivity index (χ1v) is 11.8. The van der Waals surface area contributed by atoms with Gasteiger partial charge < -0.3 is 9.32 Å². The fourth-order valence-corrected chi connectivity index (χ4v) is 4.20. The van der Waals surface area contributed by atoms with Gasteiger partial charge in [-0.25, -0.2) is 4.68 Å². The second-order valence-corrected chi connectivity index (χ2v) is 8.87. The summed E-state index contributed by atoms with van der Waals surface area (Å²) in [6.07, 6.45) is 0.755. The van der Waals surface area contributed by atoms with Crippen molar-refractivity contribution in [3.05, 3.63) is 87.0 Å². The van der Waals surface area contributed by atoms with E-state index in [9.17, 15) is 4.79 Å². The second kappa shape index (κ2) is 10.4. The predicted molar refractivity (Wildman–Crippen MR) is 132 cm³/mol. The molecule has 2 heterocycles. The third-order valence-corrected chi connectivity index (χ3v) is 6.12. The molecular weight excluding hydrogens is 473 g/mol. The minimum absolute atomic E-state index is 0.156. The van der Waals surface area contributed by atoms with E-state index >= 15 is 0 Å². The molecule has 34 heavy (non-hydrogen) atoms. The molecular formula is C25H25Cl2N5O2. The molecule has 2 aromatic carbocycles. The molecule has 4 rings (SSSR count). The van der Waals surface area contributed by atoms with Crippen molar-refractivity contribution in [1.82, 2.24) is 24.9 Å². The van der Waals surface area contributed by atoms with Gasteiger partial charge >= 0.3 is 0 Å². The summed E-state index contributed by atoms with van der Waals surface area (Å²) < 4.78 is 7.47. The molecule has 0 N–H and O–H groups in total. The van der Waals surface area contributed by atoms with Crippen LogP contribution in [-0.2, 0) is 13.1 Å². The van der Waals surface area contributed by atoms with Gasteiger partial charge in [0.2, 0.25) is 11.8 Å². The Labute approximate surface area is 208 Å². The minimum atomic E-state index is -0.225. The van der Waals surface area contributed by atoms with Crippen molar-refractivity contribution >= 4 is 29.1 Å². The molecule has 176 valence electrons. The molecule has 7 nitrogen and oxygen atoms in total. The fraction of sp³-hybridized carbons (Fsp3) is 0.280. The first-order valence-electron chi connectivity index (χ1n) is 11.0. The fourth-order valence-electron chi connectivity index (χ4n) is 3.67. The maximum Gasteiger partial charge on any atom is 0.259 e. The highest BCUT2D eigenvalue weighted by Gasteiger charge is 2.26. The number of benzene rings is 2. The van der Waals surface area contributed by atoms with Crippen molar-refractivity contribution in [2.45, 2.75) is 40.3 Å². The number of hydrogen-bond donors (Lipinski definition) is 0. The summed E-state index contributed by atoms with van der Waals surface area (Å²) in [5.41, 5.74) is 3.83. The molecule has 0 aliphatic carbocycles. The average molecular weight is 498 g/mol. The van der Waals surface area contributed by atoms with Crippen molar-refractivity contribution in [2.24, 2.45) is 0 Å². The lowest BCUT2D eigenvalue weighted by Crippen LogP contribution is -2.32. The van der Waals surface area contributed by atoms with Crippen LogP contribution < -0.4 is 0 Å². The Balaban J connectivity index is 1.56. The van der Waals surface area contributed by atoms with Crippen molar-refractivity contribution in [3.8, 4) is 11.5 Å². The zero-order valence-corrected chi connectivity index (χ0v) is 20.8. The van der Waals surface area contributed by atoms with E-state index in [1.165, 1.54) is 5.56 Å². The molecule has 0 spiro atoms. The van der Waals surface area contributed by atoms with Gasteiger partial charge in [0.15, 0.2) is 0 Å². The van der Waals surface area contributed by atoms with Gasteiger partial charge in [-0.05, 0) is 38.0 Å². The molecule has 0 unspecified atom stereocenters. The van der Waals surface area contributed by atoms with Gasteiger partial charge in [-0.3, -0.25) is 4.79 Å². The van der Waals surface area contributed by atoms with Gasteiger partial charge in [0, 0.05) is 6.54 Å². The third kappa shape index (κ3) is 5.16. The Kier molecular flexibility index (Phi) is 7.34. The van der Waals surface area contributed by atoms with E-state index in [1.54, 1.807) is 28.6 Å². The summed E-state index contributed by atoms with van der Waals surface area (Å²) in [5, 5.41) is 13.6. The van der Waals surface area contributed by atoms with E-state index in [0.717, 1.165) is 12.0 Å². The number of rotatable bonds is 8. The summed E-state index contributed by atoms with van der Waals surface area (Å²) in [7, 11) is 0. The number of amides is 1. The van der Waals surface area contributed by atoms with E-state index in [2.05, 4.69) is 15.3 Å². The first kappa shape index (κ1) is 24.0. The van der Waals surface area contributed by atoms with E-state index in [1.807, 2.05) is 50.2 Å². The molecule has 0 saturated carbocycles. The number of aryl methyl sites for hydroxylation is 2. The second-order valence-electron chi connectivity index (χ2n) is 8.10. The maximum atomic E-state index is 13.5. The SMILES string of the molecule is CCCN(Cc1nnc(-c2ccccc2Cl)o1)C(=O)c1c(C)nn(Cc2ccc(C)cc2)c1Cl. The Hall–Kier alpha value is -3.16. The number of nitrogens with zero attached hydrogens (tertiary/aromatic N) is 5. The van der Waals surface area contributed by atoms with Crippen molar-refractivity contribution < 1.29 is 9.21 Å². The Bertz CT molecular complexity index is 1300. The molecule has 2 aromatic heterocycles. The van der Waals surface area contributed by atoms with Crippen molar-refractivity contribution in [1.29, 1.82) is 0 Å². The lowest BCUT2D eigenvalue weighted by molar-refractivity contribution is 0.0728. The number of hydrogen-bond acceptors (Lipinski definition) is 5. The van der Waals surface area contributed by atoms with Gasteiger partial charge in [-0.15, -0.1) is 10.2 Å². The monoisotopic (exact) mass is 497 g/mol. The highest BCUT2D eigenvalue weighted by molar-refractivity contribution is 6.33. The summed E-state index contributed by atoms with van der Waals surface area (Å²) in [6, 6.07) is 15.4. The maximum absolute atomic E-state index is 13.5. The smallest absolute Gasteiger partial charge is 0.259 e. The van der Waals surface area contributed by atoms with Crippen LogP contribution >= 0.6 is 23.2 Å². The lowest BCUT2D eigenvalue weighted by atomic mass is 10.1. The molecule has 4 aromatic rings. The third-order valence-electron chi connectivity index (χ3n) is 5.41. The van der Waals surface area contributed by atoms with Crippen LogP contribution in [0.15, 0.2) is 52.9 Å². The summed E-state index contributed by atoms with van der Waals surface area (Å²) in [4.78, 5) is 15.1. The van der Waals surface area contributed by atoms with E-state index in [-0.39, 0.29) is 12.5 Å². The van der Waals surface area contributed by atoms with Crippen molar-refractivity contribution in [3.63, 3.8) is 0 Å². The van der Waals surface area contributed by atoms with Crippen LogP contribution in [0.5, 0.6) is 0 Å². The summed E-state index contributed by atoms with van der Waals surface area (Å²) >= 11 is 12.9. The molecule has 0 atom stereocenters. The largest absolute Gasteiger partial charge is 0.419 e. The number of carbonyl (C=O) groups excluding carboxylic acids is 1. The number of carbonyl (C=O) groups is 1. The van der Waals surface area contributed by atoms with Gasteiger partial charge in [0.25, 0.3) is 5.91 Å². The van der Waals surface area contributed by atoms with Crippen LogP contribution in [0.2, 0.25) is 10.2 Å². The van der Waals surface area contributed by atoms with E-state index in [0.29, 0.717) is 51.9 Å². The van der Waals surface area contributed by atoms with E-state index in [4.69, 9.17) is 27.6 Å².